The molecule has 1 amide bonds. The molecule has 0 aliphatic carbocycles. The molecule has 5 aromatic rings. The number of aromatic nitrogens is 4. The standard InChI is InChI=1S/C31H30N6O3/c1-19-16-22(12-13-32-19)25-11-7-8-23-17-27(37(31(40)28(23)25)24-9-5-4-6-10-24)20(2)35-29-26(18-34-21(3)36-29)30(39)33-14-15-38/h4-13,16-18,20,38H,14-15H2,1-3H3,(H,33,39)(H,34,35,36)/t20-/m0/s1. The van der Waals surface area contributed by atoms with Crippen LogP contribution in [-0.4, -0.2) is 43.7 Å². The quantitative estimate of drug-likeness (QED) is 0.270. The number of nitrogens with zero attached hydrogens (tertiary/aromatic N) is 4. The van der Waals surface area contributed by atoms with E-state index < -0.39 is 11.9 Å². The minimum Gasteiger partial charge on any atom is -0.395 e. The second-order valence-corrected chi connectivity index (χ2v) is 9.53. The van der Waals surface area contributed by atoms with Crippen LogP contribution in [-0.2, 0) is 0 Å². The van der Waals surface area contributed by atoms with Crippen molar-refractivity contribution in [3.05, 3.63) is 112 Å². The molecular weight excluding hydrogens is 504 g/mol. The Labute approximate surface area is 231 Å². The number of carbonyl (C=O) groups excluding carboxylic acids is 1. The fourth-order valence-corrected chi connectivity index (χ4v) is 4.79. The number of anilines is 1. The topological polar surface area (TPSA) is 122 Å². The Balaban J connectivity index is 1.68. The Morgan fingerprint density at radius 3 is 2.58 bits per heavy atom. The van der Waals surface area contributed by atoms with Crippen molar-refractivity contribution in [1.29, 1.82) is 0 Å². The second-order valence-electron chi connectivity index (χ2n) is 9.53. The number of aryl methyl sites for hydroxylation is 2. The number of aliphatic hydroxyl groups excluding tert-OH is 1. The van der Waals surface area contributed by atoms with Crippen molar-refractivity contribution in [2.24, 2.45) is 0 Å². The van der Waals surface area contributed by atoms with Gasteiger partial charge in [0.15, 0.2) is 0 Å². The van der Waals surface area contributed by atoms with Crippen molar-refractivity contribution in [2.45, 2.75) is 26.8 Å². The van der Waals surface area contributed by atoms with Crippen LogP contribution in [0.25, 0.3) is 27.6 Å². The lowest BCUT2D eigenvalue weighted by atomic mass is 9.98. The van der Waals surface area contributed by atoms with Crippen molar-refractivity contribution in [3.8, 4) is 16.8 Å². The van der Waals surface area contributed by atoms with E-state index in [0.29, 0.717) is 22.7 Å². The van der Waals surface area contributed by atoms with E-state index in [1.165, 1.54) is 6.20 Å². The fourth-order valence-electron chi connectivity index (χ4n) is 4.79. The van der Waals surface area contributed by atoms with Crippen LogP contribution in [0.1, 0.15) is 40.5 Å². The molecule has 1 atom stereocenters. The summed E-state index contributed by atoms with van der Waals surface area (Å²) in [6.07, 6.45) is 3.20. The van der Waals surface area contributed by atoms with E-state index >= 15 is 0 Å². The molecule has 0 bridgehead atoms. The molecule has 0 unspecified atom stereocenters. The van der Waals surface area contributed by atoms with Crippen molar-refractivity contribution < 1.29 is 9.90 Å². The minimum absolute atomic E-state index is 0.110. The Bertz CT molecular complexity index is 1750. The molecule has 0 aliphatic heterocycles. The van der Waals surface area contributed by atoms with Gasteiger partial charge in [-0.2, -0.15) is 0 Å². The molecule has 2 aromatic carbocycles. The molecule has 0 fully saturated rings. The molecule has 0 saturated heterocycles. The smallest absolute Gasteiger partial charge is 0.263 e. The number of carbonyl (C=O) groups is 1. The molecule has 5 rings (SSSR count). The number of nitrogens with one attached hydrogen (secondary N) is 2. The number of para-hydroxylation sites is 1. The SMILES string of the molecule is Cc1cc(-c2cccc3cc([C@H](C)Nc4nc(C)ncc4C(=O)NCCO)n(-c4ccccc4)c(=O)c23)ccn1. The highest BCUT2D eigenvalue weighted by molar-refractivity contribution is 5.99. The van der Waals surface area contributed by atoms with Crippen LogP contribution in [0.4, 0.5) is 5.82 Å². The van der Waals surface area contributed by atoms with Crippen LogP contribution in [0.15, 0.2) is 83.9 Å². The normalized spacial score (nSPS) is 11.8. The first-order valence-corrected chi connectivity index (χ1v) is 13.0. The Hall–Kier alpha value is -4.89. The number of pyridine rings is 2. The molecule has 9 nitrogen and oxygen atoms in total. The minimum atomic E-state index is -0.428. The lowest BCUT2D eigenvalue weighted by Gasteiger charge is -2.23. The summed E-state index contributed by atoms with van der Waals surface area (Å²) in [5.74, 6) is 0.424. The van der Waals surface area contributed by atoms with Crippen molar-refractivity contribution in [1.82, 2.24) is 24.8 Å². The molecule has 202 valence electrons. The van der Waals surface area contributed by atoms with E-state index in [0.717, 1.165) is 27.9 Å². The predicted molar refractivity (Wildman–Crippen MR) is 156 cm³/mol. The van der Waals surface area contributed by atoms with Crippen LogP contribution in [0.2, 0.25) is 0 Å². The van der Waals surface area contributed by atoms with Gasteiger partial charge in [0.25, 0.3) is 11.5 Å². The Morgan fingerprint density at radius 1 is 1.02 bits per heavy atom. The lowest BCUT2D eigenvalue weighted by Crippen LogP contribution is -2.29. The van der Waals surface area contributed by atoms with Gasteiger partial charge in [0.2, 0.25) is 0 Å². The third-order valence-electron chi connectivity index (χ3n) is 6.65. The number of hydrogen-bond acceptors (Lipinski definition) is 7. The number of hydrogen-bond donors (Lipinski definition) is 3. The zero-order chi connectivity index (χ0) is 28.2. The fraction of sp³-hybridized carbons (Fsp3) is 0.194. The molecule has 0 aliphatic rings. The second kappa shape index (κ2) is 11.5. The van der Waals surface area contributed by atoms with E-state index in [-0.39, 0.29) is 24.3 Å². The van der Waals surface area contributed by atoms with Gasteiger partial charge in [-0.1, -0.05) is 36.4 Å². The first kappa shape index (κ1) is 26.7. The van der Waals surface area contributed by atoms with E-state index in [9.17, 15) is 9.59 Å². The van der Waals surface area contributed by atoms with Crippen LogP contribution in [0.5, 0.6) is 0 Å². The highest BCUT2D eigenvalue weighted by Crippen LogP contribution is 2.30. The maximum Gasteiger partial charge on any atom is 0.263 e. The molecule has 3 heterocycles. The van der Waals surface area contributed by atoms with Crippen molar-refractivity contribution >= 4 is 22.5 Å². The van der Waals surface area contributed by atoms with Crippen LogP contribution >= 0.6 is 0 Å². The molecule has 0 radical (unpaired) electrons. The third kappa shape index (κ3) is 5.32. The number of amides is 1. The first-order chi connectivity index (χ1) is 19.4. The van der Waals surface area contributed by atoms with Gasteiger partial charge in [-0.05, 0) is 67.6 Å². The van der Waals surface area contributed by atoms with E-state index in [2.05, 4.69) is 25.6 Å². The zero-order valence-electron chi connectivity index (χ0n) is 22.5. The van der Waals surface area contributed by atoms with Gasteiger partial charge in [0, 0.05) is 36.0 Å². The molecule has 0 spiro atoms. The van der Waals surface area contributed by atoms with Crippen molar-refractivity contribution in [2.75, 3.05) is 18.5 Å². The number of aliphatic hydroxyl groups is 1. The molecular formula is C31H30N6O3. The summed E-state index contributed by atoms with van der Waals surface area (Å²) >= 11 is 0. The van der Waals surface area contributed by atoms with Gasteiger partial charge in [0.05, 0.1) is 18.0 Å². The summed E-state index contributed by atoms with van der Waals surface area (Å²) in [6.45, 7) is 5.51. The zero-order valence-corrected chi connectivity index (χ0v) is 22.5. The highest BCUT2D eigenvalue weighted by Gasteiger charge is 2.21. The summed E-state index contributed by atoms with van der Waals surface area (Å²) in [4.78, 5) is 40.1. The average Bonchev–Trinajstić information content (AvgIpc) is 2.96. The highest BCUT2D eigenvalue weighted by atomic mass is 16.3. The van der Waals surface area contributed by atoms with E-state index in [1.54, 1.807) is 17.7 Å². The molecule has 0 saturated carbocycles. The van der Waals surface area contributed by atoms with E-state index in [1.807, 2.05) is 80.6 Å². The van der Waals surface area contributed by atoms with Crippen LogP contribution < -0.4 is 16.2 Å². The molecule has 40 heavy (non-hydrogen) atoms. The summed E-state index contributed by atoms with van der Waals surface area (Å²) in [5.41, 5.74) is 4.13. The monoisotopic (exact) mass is 534 g/mol. The molecule has 3 aromatic heterocycles. The average molecular weight is 535 g/mol. The van der Waals surface area contributed by atoms with Gasteiger partial charge < -0.3 is 15.7 Å². The molecule has 3 N–H and O–H groups in total. The van der Waals surface area contributed by atoms with Crippen LogP contribution in [0, 0.1) is 13.8 Å². The van der Waals surface area contributed by atoms with Gasteiger partial charge in [-0.15, -0.1) is 0 Å². The number of rotatable bonds is 8. The maximum atomic E-state index is 14.3. The van der Waals surface area contributed by atoms with E-state index in [4.69, 9.17) is 5.11 Å². The number of fused-ring (bicyclic) bond motifs is 1. The summed E-state index contributed by atoms with van der Waals surface area (Å²) < 4.78 is 1.71. The first-order valence-electron chi connectivity index (χ1n) is 13.0. The van der Waals surface area contributed by atoms with Gasteiger partial charge in [-0.3, -0.25) is 19.1 Å². The molecule has 9 heteroatoms. The Kier molecular flexibility index (Phi) is 7.65. The van der Waals surface area contributed by atoms with Gasteiger partial charge in [0.1, 0.15) is 17.2 Å². The maximum absolute atomic E-state index is 14.3. The van der Waals surface area contributed by atoms with Crippen LogP contribution in [0.3, 0.4) is 0 Å². The van der Waals surface area contributed by atoms with Gasteiger partial charge in [-0.25, -0.2) is 9.97 Å². The van der Waals surface area contributed by atoms with Gasteiger partial charge >= 0.3 is 0 Å². The summed E-state index contributed by atoms with van der Waals surface area (Å²) in [6, 6.07) is 20.8. The Morgan fingerprint density at radius 2 is 1.82 bits per heavy atom. The summed E-state index contributed by atoms with van der Waals surface area (Å²) in [5, 5.41) is 16.5. The lowest BCUT2D eigenvalue weighted by molar-refractivity contribution is 0.0945. The largest absolute Gasteiger partial charge is 0.395 e. The number of benzene rings is 2. The van der Waals surface area contributed by atoms with Crippen molar-refractivity contribution in [3.63, 3.8) is 0 Å². The summed E-state index contributed by atoms with van der Waals surface area (Å²) in [7, 11) is 0. The third-order valence-corrected chi connectivity index (χ3v) is 6.65. The predicted octanol–water partition coefficient (Wildman–Crippen LogP) is 4.35.